The first-order valence-corrected chi connectivity index (χ1v) is 6.29. The number of aromatic nitrogens is 4. The lowest BCUT2D eigenvalue weighted by Gasteiger charge is -2.08. The zero-order valence-corrected chi connectivity index (χ0v) is 11.1. The molecule has 0 spiro atoms. The van der Waals surface area contributed by atoms with Crippen LogP contribution in [0.2, 0.25) is 0 Å². The summed E-state index contributed by atoms with van der Waals surface area (Å²) in [5, 5.41) is 11.1. The van der Waals surface area contributed by atoms with E-state index >= 15 is 0 Å². The Morgan fingerprint density at radius 1 is 0.955 bits per heavy atom. The van der Waals surface area contributed by atoms with Crippen molar-refractivity contribution in [2.75, 3.05) is 0 Å². The minimum absolute atomic E-state index is 0.00802. The van der Waals surface area contributed by atoms with Gasteiger partial charge < -0.3 is 9.47 Å². The zero-order valence-electron chi connectivity index (χ0n) is 11.1. The molecule has 0 radical (unpaired) electrons. The lowest BCUT2D eigenvalue weighted by molar-refractivity contribution is -0.0498. The van der Waals surface area contributed by atoms with Gasteiger partial charge in [0.1, 0.15) is 11.5 Å². The smallest absolute Gasteiger partial charge is 0.387 e. The SMILES string of the molecule is FC(F)Oc1cccc(-n2nnnc2Oc2ccccc2)c1. The van der Waals surface area contributed by atoms with E-state index in [2.05, 4.69) is 20.3 Å². The Kier molecular flexibility index (Phi) is 3.90. The number of benzene rings is 2. The van der Waals surface area contributed by atoms with E-state index in [1.807, 2.05) is 6.07 Å². The number of ether oxygens (including phenoxy) is 2. The van der Waals surface area contributed by atoms with E-state index in [-0.39, 0.29) is 11.8 Å². The molecule has 6 nitrogen and oxygen atoms in total. The molecule has 0 unspecified atom stereocenters. The number of hydrogen-bond acceptors (Lipinski definition) is 5. The molecule has 22 heavy (non-hydrogen) atoms. The normalized spacial score (nSPS) is 10.7. The number of tetrazole rings is 1. The van der Waals surface area contributed by atoms with Gasteiger partial charge in [-0.2, -0.15) is 13.5 Å². The number of nitrogens with zero attached hydrogens (tertiary/aromatic N) is 4. The molecular weight excluding hydrogens is 294 g/mol. The molecule has 112 valence electrons. The van der Waals surface area contributed by atoms with Crippen molar-refractivity contribution in [3.05, 3.63) is 54.6 Å². The summed E-state index contributed by atoms with van der Waals surface area (Å²) < 4.78 is 35.7. The summed E-state index contributed by atoms with van der Waals surface area (Å²) in [5.41, 5.74) is 0.439. The Balaban J connectivity index is 1.88. The average Bonchev–Trinajstić information content (AvgIpc) is 2.96. The molecule has 0 saturated heterocycles. The van der Waals surface area contributed by atoms with E-state index in [0.717, 1.165) is 0 Å². The fourth-order valence-corrected chi connectivity index (χ4v) is 1.79. The predicted octanol–water partition coefficient (Wildman–Crippen LogP) is 3.06. The Labute approximate surface area is 123 Å². The Hall–Kier alpha value is -3.03. The van der Waals surface area contributed by atoms with Crippen LogP contribution in [-0.4, -0.2) is 26.8 Å². The number of alkyl halides is 2. The van der Waals surface area contributed by atoms with Gasteiger partial charge in [-0.15, -0.1) is 0 Å². The average molecular weight is 304 g/mol. The van der Waals surface area contributed by atoms with Crippen molar-refractivity contribution in [1.29, 1.82) is 0 Å². The molecule has 0 amide bonds. The van der Waals surface area contributed by atoms with E-state index in [1.165, 1.54) is 16.8 Å². The maximum atomic E-state index is 12.3. The number of para-hydroxylation sites is 1. The first kappa shape index (κ1) is 13.9. The summed E-state index contributed by atoms with van der Waals surface area (Å²) in [5.74, 6) is 0.562. The van der Waals surface area contributed by atoms with Crippen molar-refractivity contribution < 1.29 is 18.3 Å². The largest absolute Gasteiger partial charge is 0.435 e. The Bertz CT molecular complexity index is 749. The molecule has 0 saturated carbocycles. The van der Waals surface area contributed by atoms with Gasteiger partial charge in [-0.1, -0.05) is 29.4 Å². The third-order valence-corrected chi connectivity index (χ3v) is 2.68. The topological polar surface area (TPSA) is 62.1 Å². The summed E-state index contributed by atoms with van der Waals surface area (Å²) >= 11 is 0. The van der Waals surface area contributed by atoms with E-state index in [1.54, 1.807) is 36.4 Å². The number of halogens is 2. The van der Waals surface area contributed by atoms with Crippen LogP contribution in [-0.2, 0) is 0 Å². The van der Waals surface area contributed by atoms with Crippen molar-refractivity contribution in [3.63, 3.8) is 0 Å². The van der Waals surface area contributed by atoms with Gasteiger partial charge in [0.2, 0.25) is 0 Å². The van der Waals surface area contributed by atoms with Gasteiger partial charge in [0.25, 0.3) is 0 Å². The molecule has 0 atom stereocenters. The standard InChI is InChI=1S/C14H10F2N4O2/c15-13(16)21-12-8-4-5-10(9-12)20-14(17-18-19-20)22-11-6-2-1-3-7-11/h1-9,13H. The van der Waals surface area contributed by atoms with Crippen molar-refractivity contribution in [3.8, 4) is 23.2 Å². The fourth-order valence-electron chi connectivity index (χ4n) is 1.79. The maximum Gasteiger partial charge on any atom is 0.387 e. The highest BCUT2D eigenvalue weighted by molar-refractivity contribution is 5.40. The van der Waals surface area contributed by atoms with E-state index in [4.69, 9.17) is 4.74 Å². The highest BCUT2D eigenvalue weighted by atomic mass is 19.3. The van der Waals surface area contributed by atoms with Crippen LogP contribution in [0.4, 0.5) is 8.78 Å². The molecule has 3 rings (SSSR count). The van der Waals surface area contributed by atoms with Gasteiger partial charge in [-0.05, 0) is 34.7 Å². The summed E-state index contributed by atoms with van der Waals surface area (Å²) in [4.78, 5) is 0. The molecule has 0 bridgehead atoms. The molecule has 0 aliphatic carbocycles. The highest BCUT2D eigenvalue weighted by Gasteiger charge is 2.12. The molecule has 1 heterocycles. The summed E-state index contributed by atoms with van der Waals surface area (Å²) in [6.07, 6.45) is 0. The van der Waals surface area contributed by atoms with Crippen molar-refractivity contribution in [1.82, 2.24) is 20.2 Å². The quantitative estimate of drug-likeness (QED) is 0.725. The van der Waals surface area contributed by atoms with Gasteiger partial charge >= 0.3 is 12.6 Å². The van der Waals surface area contributed by atoms with Crippen LogP contribution in [0.25, 0.3) is 5.69 Å². The Morgan fingerprint density at radius 2 is 1.73 bits per heavy atom. The van der Waals surface area contributed by atoms with Crippen LogP contribution >= 0.6 is 0 Å². The predicted molar refractivity (Wildman–Crippen MR) is 72.3 cm³/mol. The number of hydrogen-bond donors (Lipinski definition) is 0. The van der Waals surface area contributed by atoms with Gasteiger partial charge in [0, 0.05) is 6.07 Å². The molecule has 8 heteroatoms. The zero-order chi connectivity index (χ0) is 15.4. The van der Waals surface area contributed by atoms with Crippen molar-refractivity contribution in [2.24, 2.45) is 0 Å². The monoisotopic (exact) mass is 304 g/mol. The van der Waals surface area contributed by atoms with Crippen molar-refractivity contribution in [2.45, 2.75) is 6.61 Å². The number of rotatable bonds is 5. The highest BCUT2D eigenvalue weighted by Crippen LogP contribution is 2.23. The molecular formula is C14H10F2N4O2. The summed E-state index contributed by atoms with van der Waals surface area (Å²) in [7, 11) is 0. The maximum absolute atomic E-state index is 12.3. The van der Waals surface area contributed by atoms with Gasteiger partial charge in [0.05, 0.1) is 5.69 Å². The first-order chi connectivity index (χ1) is 10.7. The second-order valence-electron chi connectivity index (χ2n) is 4.16. The van der Waals surface area contributed by atoms with Gasteiger partial charge in [-0.3, -0.25) is 0 Å². The molecule has 0 aliphatic rings. The lowest BCUT2D eigenvalue weighted by atomic mass is 10.3. The van der Waals surface area contributed by atoms with Crippen LogP contribution in [0.5, 0.6) is 17.5 Å². The summed E-state index contributed by atoms with van der Waals surface area (Å²) in [6.45, 7) is -2.90. The molecule has 0 fully saturated rings. The molecule has 0 N–H and O–H groups in total. The molecule has 3 aromatic rings. The molecule has 1 aromatic heterocycles. The fraction of sp³-hybridized carbons (Fsp3) is 0.0714. The van der Waals surface area contributed by atoms with Gasteiger partial charge in [0.15, 0.2) is 0 Å². The van der Waals surface area contributed by atoms with Gasteiger partial charge in [-0.25, -0.2) is 0 Å². The molecule has 2 aromatic carbocycles. The van der Waals surface area contributed by atoms with E-state index in [9.17, 15) is 8.78 Å². The third-order valence-electron chi connectivity index (χ3n) is 2.68. The van der Waals surface area contributed by atoms with Crippen molar-refractivity contribution >= 4 is 0 Å². The first-order valence-electron chi connectivity index (χ1n) is 6.29. The van der Waals surface area contributed by atoms with Crippen LogP contribution < -0.4 is 9.47 Å². The van der Waals surface area contributed by atoms with E-state index < -0.39 is 6.61 Å². The second-order valence-corrected chi connectivity index (χ2v) is 4.16. The second kappa shape index (κ2) is 6.17. The molecule has 0 aliphatic heterocycles. The lowest BCUT2D eigenvalue weighted by Crippen LogP contribution is -2.04. The van der Waals surface area contributed by atoms with Crippen LogP contribution in [0.3, 0.4) is 0 Å². The Morgan fingerprint density at radius 3 is 2.50 bits per heavy atom. The van der Waals surface area contributed by atoms with Crippen LogP contribution in [0, 0.1) is 0 Å². The van der Waals surface area contributed by atoms with Crippen LogP contribution in [0.1, 0.15) is 0 Å². The van der Waals surface area contributed by atoms with E-state index in [0.29, 0.717) is 11.4 Å². The van der Waals surface area contributed by atoms with Crippen LogP contribution in [0.15, 0.2) is 54.6 Å². The minimum Gasteiger partial charge on any atom is -0.435 e. The minimum atomic E-state index is -2.90. The summed E-state index contributed by atoms with van der Waals surface area (Å²) in [6, 6.07) is 15.1. The third kappa shape index (κ3) is 3.17.